The molecule has 0 aromatic rings. The van der Waals surface area contributed by atoms with Crippen LogP contribution in [0.3, 0.4) is 0 Å². The van der Waals surface area contributed by atoms with E-state index in [1.54, 1.807) is 0 Å². The fourth-order valence-corrected chi connectivity index (χ4v) is 1.09. The molecule has 0 saturated heterocycles. The van der Waals surface area contributed by atoms with Crippen molar-refractivity contribution in [3.05, 3.63) is 0 Å². The van der Waals surface area contributed by atoms with Crippen molar-refractivity contribution in [2.45, 2.75) is 32.4 Å². The number of hydrogen-bond donors (Lipinski definition) is 0. The van der Waals surface area contributed by atoms with E-state index in [0.717, 1.165) is 11.1 Å². The molecule has 0 bridgehead atoms. The molecular formula is C7H15NS. The largest absolute Gasteiger partial charge is 0.287 e. The maximum absolute atomic E-state index is 4.10. The minimum atomic E-state index is 0.758. The molecule has 0 saturated carbocycles. The van der Waals surface area contributed by atoms with E-state index < -0.39 is 0 Å². The molecule has 0 aliphatic rings. The van der Waals surface area contributed by atoms with Crippen molar-refractivity contribution in [1.29, 1.82) is 0 Å². The summed E-state index contributed by atoms with van der Waals surface area (Å²) in [6, 6.07) is 0. The predicted molar refractivity (Wildman–Crippen MR) is 46.4 cm³/mol. The van der Waals surface area contributed by atoms with Crippen molar-refractivity contribution in [3.8, 4) is 0 Å². The normalized spacial score (nSPS) is 14.6. The highest BCUT2D eigenvalue weighted by Gasteiger charge is 1.94. The molecule has 0 unspecified atom stereocenters. The molecule has 0 aliphatic carbocycles. The molecule has 1 nitrogen and oxygen atoms in total. The molecule has 0 spiro atoms. The van der Waals surface area contributed by atoms with E-state index in [9.17, 15) is 0 Å². The third-order valence-corrected chi connectivity index (χ3v) is 2.39. The summed E-state index contributed by atoms with van der Waals surface area (Å²) in [6.07, 6.45) is 3.10. The monoisotopic (exact) mass is 145 g/mol. The molecule has 0 amide bonds. The number of hydrogen-bond acceptors (Lipinski definition) is 2. The Morgan fingerprint density at radius 1 is 1.67 bits per heavy atom. The van der Waals surface area contributed by atoms with Crippen LogP contribution in [0.15, 0.2) is 4.99 Å². The van der Waals surface area contributed by atoms with E-state index in [1.165, 1.54) is 6.42 Å². The van der Waals surface area contributed by atoms with Crippen LogP contribution in [0, 0.1) is 0 Å². The van der Waals surface area contributed by atoms with Crippen molar-refractivity contribution in [3.63, 3.8) is 0 Å². The van der Waals surface area contributed by atoms with Crippen LogP contribution in [0.4, 0.5) is 0 Å². The van der Waals surface area contributed by atoms with Gasteiger partial charge in [0.25, 0.3) is 0 Å². The maximum Gasteiger partial charge on any atom is 0.0842 e. The van der Waals surface area contributed by atoms with Crippen molar-refractivity contribution in [1.82, 2.24) is 0 Å². The van der Waals surface area contributed by atoms with E-state index in [1.807, 2.05) is 24.9 Å². The van der Waals surface area contributed by atoms with Crippen LogP contribution < -0.4 is 0 Å². The minimum absolute atomic E-state index is 0.758. The highest BCUT2D eigenvalue weighted by molar-refractivity contribution is 7.99. The molecule has 0 aliphatic heterocycles. The lowest BCUT2D eigenvalue weighted by molar-refractivity contribution is 0.905. The van der Waals surface area contributed by atoms with Gasteiger partial charge < -0.3 is 0 Å². The predicted octanol–water partition coefficient (Wildman–Crippen LogP) is 2.57. The zero-order valence-corrected chi connectivity index (χ0v) is 7.24. The van der Waals surface area contributed by atoms with Crippen LogP contribution in [0.25, 0.3) is 0 Å². The molecule has 0 aromatic carbocycles. The summed E-state index contributed by atoms with van der Waals surface area (Å²) in [5.74, 6) is 0.922. The Balaban J connectivity index is 3.06. The zero-order valence-electron chi connectivity index (χ0n) is 6.42. The van der Waals surface area contributed by atoms with Crippen molar-refractivity contribution in [2.24, 2.45) is 4.99 Å². The average molecular weight is 145 g/mol. The first kappa shape index (κ1) is 9.02. The van der Waals surface area contributed by atoms with E-state index in [4.69, 9.17) is 0 Å². The highest BCUT2D eigenvalue weighted by Crippen LogP contribution is 2.12. The molecule has 54 valence electrons. The summed E-state index contributed by atoms with van der Waals surface area (Å²) in [5, 5.41) is 0.758. The maximum atomic E-state index is 4.10. The van der Waals surface area contributed by atoms with Crippen LogP contribution in [-0.4, -0.2) is 17.3 Å². The molecule has 2 heteroatoms. The van der Waals surface area contributed by atoms with Crippen LogP contribution in [0.2, 0.25) is 0 Å². The Hall–Kier alpha value is 0.0200. The first-order valence-electron chi connectivity index (χ1n) is 3.37. The molecular weight excluding hydrogens is 130 g/mol. The summed E-state index contributed by atoms with van der Waals surface area (Å²) >= 11 is 1.90. The lowest BCUT2D eigenvalue weighted by atomic mass is 10.4. The number of thioether (sulfide) groups is 1. The quantitative estimate of drug-likeness (QED) is 0.554. The van der Waals surface area contributed by atoms with Crippen LogP contribution in [0.1, 0.15) is 27.2 Å². The van der Waals surface area contributed by atoms with Crippen LogP contribution in [-0.2, 0) is 0 Å². The molecule has 1 atom stereocenters. The fraction of sp³-hybridized carbons (Fsp3) is 0.857. The Morgan fingerprint density at radius 3 is 2.78 bits per heavy atom. The first-order valence-corrected chi connectivity index (χ1v) is 4.42. The van der Waals surface area contributed by atoms with E-state index in [2.05, 4.69) is 18.8 Å². The Morgan fingerprint density at radius 2 is 2.33 bits per heavy atom. The van der Waals surface area contributed by atoms with Gasteiger partial charge in [-0.1, -0.05) is 13.8 Å². The van der Waals surface area contributed by atoms with Gasteiger partial charge in [0.15, 0.2) is 0 Å². The summed E-state index contributed by atoms with van der Waals surface area (Å²) in [7, 11) is 0. The molecule has 0 radical (unpaired) electrons. The van der Waals surface area contributed by atoms with Crippen molar-refractivity contribution >= 4 is 18.0 Å². The second-order valence-corrected chi connectivity index (χ2v) is 3.35. The van der Waals surface area contributed by atoms with Crippen molar-refractivity contribution in [2.75, 3.05) is 5.88 Å². The lowest BCUT2D eigenvalue weighted by Crippen LogP contribution is -1.92. The van der Waals surface area contributed by atoms with E-state index in [0.29, 0.717) is 0 Å². The van der Waals surface area contributed by atoms with Gasteiger partial charge in [0, 0.05) is 5.25 Å². The Bertz CT molecular complexity index is 81.0. The third-order valence-electron chi connectivity index (χ3n) is 1.19. The summed E-state index contributed by atoms with van der Waals surface area (Å²) < 4.78 is 0. The van der Waals surface area contributed by atoms with Gasteiger partial charge in [0.2, 0.25) is 0 Å². The topological polar surface area (TPSA) is 12.4 Å². The van der Waals surface area contributed by atoms with Crippen LogP contribution in [0.5, 0.6) is 0 Å². The number of aliphatic imine (C=N–C) groups is 1. The molecule has 9 heavy (non-hydrogen) atoms. The van der Waals surface area contributed by atoms with Gasteiger partial charge >= 0.3 is 0 Å². The third kappa shape index (κ3) is 5.90. The number of nitrogens with zero attached hydrogens (tertiary/aromatic N) is 1. The van der Waals surface area contributed by atoms with Gasteiger partial charge in [0.05, 0.1) is 5.88 Å². The number of rotatable bonds is 4. The molecule has 0 fully saturated rings. The highest BCUT2D eigenvalue weighted by atomic mass is 32.2. The van der Waals surface area contributed by atoms with Gasteiger partial charge in [-0.05, 0) is 19.6 Å². The minimum Gasteiger partial charge on any atom is -0.287 e. The van der Waals surface area contributed by atoms with E-state index in [-0.39, 0.29) is 0 Å². The second kappa shape index (κ2) is 6.14. The summed E-state index contributed by atoms with van der Waals surface area (Å²) in [6.45, 7) is 6.39. The van der Waals surface area contributed by atoms with Crippen molar-refractivity contribution < 1.29 is 0 Å². The van der Waals surface area contributed by atoms with E-state index >= 15 is 0 Å². The molecule has 0 rings (SSSR count). The zero-order chi connectivity index (χ0) is 7.11. The second-order valence-electron chi connectivity index (χ2n) is 1.96. The SMILES string of the molecule is C/C=N\CS[C@@H](C)CC. The fourth-order valence-electron chi connectivity index (χ4n) is 0.363. The van der Waals surface area contributed by atoms with Gasteiger partial charge in [-0.3, -0.25) is 4.99 Å². The van der Waals surface area contributed by atoms with Gasteiger partial charge in [-0.15, -0.1) is 11.8 Å². The summed E-state index contributed by atoms with van der Waals surface area (Å²) in [5.41, 5.74) is 0. The Labute approximate surface area is 61.9 Å². The standard InChI is InChI=1S/C7H15NS/c1-4-7(3)9-6-8-5-2/h5,7H,4,6H2,1-3H3/b8-5-/t7-/m0/s1. The molecule has 0 N–H and O–H groups in total. The average Bonchev–Trinajstić information content (AvgIpc) is 1.89. The smallest absolute Gasteiger partial charge is 0.0842 e. The lowest BCUT2D eigenvalue weighted by Gasteiger charge is -2.03. The molecule has 0 aromatic heterocycles. The van der Waals surface area contributed by atoms with Crippen LogP contribution >= 0.6 is 11.8 Å². The Kier molecular flexibility index (Phi) is 6.16. The summed E-state index contributed by atoms with van der Waals surface area (Å²) in [4.78, 5) is 4.10. The first-order chi connectivity index (χ1) is 4.31. The van der Waals surface area contributed by atoms with Gasteiger partial charge in [-0.2, -0.15) is 0 Å². The van der Waals surface area contributed by atoms with Gasteiger partial charge in [-0.25, -0.2) is 0 Å². The molecule has 0 heterocycles. The van der Waals surface area contributed by atoms with Gasteiger partial charge in [0.1, 0.15) is 0 Å².